The minimum Gasteiger partial charge on any atom is -0.485 e. The van der Waals surface area contributed by atoms with E-state index >= 15 is 0 Å². The Bertz CT molecular complexity index is 837. The van der Waals surface area contributed by atoms with Crippen LogP contribution in [-0.2, 0) is 6.42 Å². The summed E-state index contributed by atoms with van der Waals surface area (Å²) in [6.07, 6.45) is 1.84. The third-order valence-corrected chi connectivity index (χ3v) is 4.73. The van der Waals surface area contributed by atoms with Crippen molar-refractivity contribution >= 4 is 17.4 Å². The molecule has 1 aliphatic carbocycles. The molecule has 0 bridgehead atoms. The van der Waals surface area contributed by atoms with Crippen LogP contribution >= 0.6 is 0 Å². The zero-order valence-corrected chi connectivity index (χ0v) is 13.7. The lowest BCUT2D eigenvalue weighted by atomic mass is 9.71. The van der Waals surface area contributed by atoms with E-state index in [2.05, 4.69) is 45.0 Å². The van der Waals surface area contributed by atoms with Crippen LogP contribution in [0.1, 0.15) is 47.8 Å². The summed E-state index contributed by atoms with van der Waals surface area (Å²) in [5, 5.41) is 0. The fourth-order valence-electron chi connectivity index (χ4n) is 3.85. The zero-order valence-electron chi connectivity index (χ0n) is 13.7. The minimum absolute atomic E-state index is 0.00621. The quantitative estimate of drug-likeness (QED) is 0.709. The van der Waals surface area contributed by atoms with Gasteiger partial charge < -0.3 is 4.74 Å². The van der Waals surface area contributed by atoms with Crippen LogP contribution in [0.2, 0.25) is 0 Å². The van der Waals surface area contributed by atoms with Crippen LogP contribution in [0.3, 0.4) is 0 Å². The van der Waals surface area contributed by atoms with Crippen molar-refractivity contribution in [1.29, 1.82) is 0 Å². The maximum absolute atomic E-state index is 11.2. The largest absolute Gasteiger partial charge is 0.485 e. The topological polar surface area (TPSA) is 26.3 Å². The average molecular weight is 304 g/mol. The molecular formula is C21H20O2. The maximum atomic E-state index is 11.2. The number of ether oxygens (including phenoxy) is 1. The SMILES string of the molecule is CC(C)(C)C1=C2c3cc(C=O)ccc3OC2Cc2ccccc21. The smallest absolute Gasteiger partial charge is 0.150 e. The molecule has 0 N–H and O–H groups in total. The van der Waals surface area contributed by atoms with Gasteiger partial charge in [0.15, 0.2) is 0 Å². The van der Waals surface area contributed by atoms with Gasteiger partial charge in [0.05, 0.1) is 0 Å². The summed E-state index contributed by atoms with van der Waals surface area (Å²) in [4.78, 5) is 11.2. The van der Waals surface area contributed by atoms with E-state index in [9.17, 15) is 4.79 Å². The molecule has 1 heterocycles. The van der Waals surface area contributed by atoms with Crippen LogP contribution in [0.15, 0.2) is 42.5 Å². The Morgan fingerprint density at radius 3 is 2.61 bits per heavy atom. The van der Waals surface area contributed by atoms with Gasteiger partial charge in [0.1, 0.15) is 18.1 Å². The zero-order chi connectivity index (χ0) is 16.2. The second-order valence-electron chi connectivity index (χ2n) is 7.38. The first-order valence-corrected chi connectivity index (χ1v) is 8.08. The number of carbonyl (C=O) groups excluding carboxylic acids is 1. The molecular weight excluding hydrogens is 284 g/mol. The van der Waals surface area contributed by atoms with E-state index in [1.54, 1.807) is 0 Å². The molecule has 0 saturated carbocycles. The molecule has 2 aliphatic rings. The summed E-state index contributed by atoms with van der Waals surface area (Å²) in [7, 11) is 0. The maximum Gasteiger partial charge on any atom is 0.150 e. The number of fused-ring (bicyclic) bond motifs is 4. The highest BCUT2D eigenvalue weighted by Crippen LogP contribution is 2.51. The molecule has 0 spiro atoms. The molecule has 0 aromatic heterocycles. The lowest BCUT2D eigenvalue weighted by Crippen LogP contribution is -2.25. The Balaban J connectivity index is 2.04. The number of hydrogen-bond donors (Lipinski definition) is 0. The van der Waals surface area contributed by atoms with Crippen molar-refractivity contribution in [3.63, 3.8) is 0 Å². The minimum atomic E-state index is 0.00621. The number of allylic oxidation sites excluding steroid dienone is 1. The van der Waals surface area contributed by atoms with Gasteiger partial charge in [-0.3, -0.25) is 4.79 Å². The highest BCUT2D eigenvalue weighted by atomic mass is 16.5. The molecule has 1 unspecified atom stereocenters. The van der Waals surface area contributed by atoms with E-state index in [0.29, 0.717) is 5.56 Å². The Morgan fingerprint density at radius 2 is 1.87 bits per heavy atom. The van der Waals surface area contributed by atoms with E-state index in [4.69, 9.17) is 4.74 Å². The lowest BCUT2D eigenvalue weighted by Gasteiger charge is -2.33. The average Bonchev–Trinajstić information content (AvgIpc) is 2.88. The van der Waals surface area contributed by atoms with Crippen molar-refractivity contribution in [1.82, 2.24) is 0 Å². The fourth-order valence-corrected chi connectivity index (χ4v) is 3.85. The van der Waals surface area contributed by atoms with Gasteiger partial charge in [0.25, 0.3) is 0 Å². The van der Waals surface area contributed by atoms with Gasteiger partial charge >= 0.3 is 0 Å². The van der Waals surface area contributed by atoms with Gasteiger partial charge in [0.2, 0.25) is 0 Å². The Labute approximate surface area is 136 Å². The van der Waals surface area contributed by atoms with E-state index in [0.717, 1.165) is 24.0 Å². The van der Waals surface area contributed by atoms with Crippen LogP contribution in [-0.4, -0.2) is 12.4 Å². The van der Waals surface area contributed by atoms with Gasteiger partial charge in [-0.2, -0.15) is 0 Å². The lowest BCUT2D eigenvalue weighted by molar-refractivity contribution is 0.112. The second kappa shape index (κ2) is 4.82. The van der Waals surface area contributed by atoms with Crippen LogP contribution in [0.5, 0.6) is 5.75 Å². The van der Waals surface area contributed by atoms with Crippen molar-refractivity contribution in [2.75, 3.05) is 0 Å². The second-order valence-corrected chi connectivity index (χ2v) is 7.38. The van der Waals surface area contributed by atoms with Gasteiger partial charge in [-0.15, -0.1) is 0 Å². The molecule has 0 amide bonds. The third kappa shape index (κ3) is 2.13. The molecule has 4 rings (SSSR count). The molecule has 2 nitrogen and oxygen atoms in total. The van der Waals surface area contributed by atoms with Crippen LogP contribution < -0.4 is 4.74 Å². The van der Waals surface area contributed by atoms with Gasteiger partial charge in [-0.05, 0) is 40.3 Å². The van der Waals surface area contributed by atoms with Gasteiger partial charge in [-0.1, -0.05) is 45.0 Å². The Hall–Kier alpha value is -2.35. The highest BCUT2D eigenvalue weighted by molar-refractivity contribution is 6.00. The number of rotatable bonds is 1. The standard InChI is InChI=1S/C21H20O2/c1-21(2,3)20-15-7-5-4-6-14(15)11-18-19(20)16-10-13(12-22)8-9-17(16)23-18/h4-10,12,18H,11H2,1-3H3. The predicted octanol–water partition coefficient (Wildman–Crippen LogP) is 4.77. The molecule has 2 heteroatoms. The number of aldehydes is 1. The van der Waals surface area contributed by atoms with Crippen LogP contribution in [0.4, 0.5) is 0 Å². The first-order chi connectivity index (χ1) is 11.0. The Kier molecular flexibility index (Phi) is 2.99. The predicted molar refractivity (Wildman–Crippen MR) is 92.7 cm³/mol. The molecule has 1 aliphatic heterocycles. The van der Waals surface area contributed by atoms with Crippen molar-refractivity contribution in [3.05, 3.63) is 64.7 Å². The van der Waals surface area contributed by atoms with Crippen LogP contribution in [0.25, 0.3) is 11.1 Å². The first-order valence-electron chi connectivity index (χ1n) is 8.08. The highest BCUT2D eigenvalue weighted by Gasteiger charge is 2.39. The number of benzene rings is 2. The monoisotopic (exact) mass is 304 g/mol. The molecule has 0 radical (unpaired) electrons. The van der Waals surface area contributed by atoms with Gasteiger partial charge in [0, 0.05) is 23.1 Å². The van der Waals surface area contributed by atoms with Crippen molar-refractivity contribution in [2.24, 2.45) is 5.41 Å². The van der Waals surface area contributed by atoms with Crippen LogP contribution in [0, 0.1) is 5.41 Å². The van der Waals surface area contributed by atoms with Gasteiger partial charge in [-0.25, -0.2) is 0 Å². The van der Waals surface area contributed by atoms with E-state index in [1.807, 2.05) is 18.2 Å². The normalized spacial score (nSPS) is 18.8. The molecule has 116 valence electrons. The number of hydrogen-bond acceptors (Lipinski definition) is 2. The third-order valence-electron chi connectivity index (χ3n) is 4.73. The molecule has 2 aromatic rings. The summed E-state index contributed by atoms with van der Waals surface area (Å²) in [5.41, 5.74) is 7.05. The van der Waals surface area contributed by atoms with E-state index in [1.165, 1.54) is 22.3 Å². The van der Waals surface area contributed by atoms with Crippen molar-refractivity contribution < 1.29 is 9.53 Å². The first kappa shape index (κ1) is 14.3. The molecule has 23 heavy (non-hydrogen) atoms. The number of carbonyl (C=O) groups is 1. The summed E-state index contributed by atoms with van der Waals surface area (Å²) < 4.78 is 6.22. The summed E-state index contributed by atoms with van der Waals surface area (Å²) >= 11 is 0. The van der Waals surface area contributed by atoms with Crippen molar-refractivity contribution in [2.45, 2.75) is 33.3 Å². The van der Waals surface area contributed by atoms with E-state index < -0.39 is 0 Å². The molecule has 1 atom stereocenters. The fraction of sp³-hybridized carbons (Fsp3) is 0.286. The molecule has 2 aromatic carbocycles. The van der Waals surface area contributed by atoms with Crippen molar-refractivity contribution in [3.8, 4) is 5.75 Å². The Morgan fingerprint density at radius 1 is 1.09 bits per heavy atom. The summed E-state index contributed by atoms with van der Waals surface area (Å²) in [6, 6.07) is 14.3. The molecule has 0 fully saturated rings. The van der Waals surface area contributed by atoms with E-state index in [-0.39, 0.29) is 11.5 Å². The summed E-state index contributed by atoms with van der Waals surface area (Å²) in [5.74, 6) is 0.894. The summed E-state index contributed by atoms with van der Waals surface area (Å²) in [6.45, 7) is 6.74. The molecule has 0 saturated heterocycles.